The van der Waals surface area contributed by atoms with Crippen molar-refractivity contribution in [3.8, 4) is 11.3 Å². The molecule has 148 valence electrons. The summed E-state index contributed by atoms with van der Waals surface area (Å²) in [6.07, 6.45) is 0. The van der Waals surface area contributed by atoms with Gasteiger partial charge >= 0.3 is 0 Å². The molecule has 1 aromatic heterocycles. The monoisotopic (exact) mass is 410 g/mol. The fraction of sp³-hybridized carbons (Fsp3) is 0.143. The maximum atomic E-state index is 13.0. The first-order valence-electron chi connectivity index (χ1n) is 8.90. The van der Waals surface area contributed by atoms with Crippen molar-refractivity contribution in [1.82, 2.24) is 9.78 Å². The van der Waals surface area contributed by atoms with E-state index in [0.717, 1.165) is 0 Å². The molecule has 0 atom stereocenters. The van der Waals surface area contributed by atoms with Crippen LogP contribution in [-0.2, 0) is 6.54 Å². The van der Waals surface area contributed by atoms with E-state index < -0.39 is 11.5 Å². The third-order valence-corrected chi connectivity index (χ3v) is 4.56. The molecule has 0 unspecified atom stereocenters. The summed E-state index contributed by atoms with van der Waals surface area (Å²) in [5.41, 5.74) is 6.78. The van der Waals surface area contributed by atoms with Gasteiger partial charge in [0, 0.05) is 28.4 Å². The Morgan fingerprint density at radius 2 is 1.90 bits per heavy atom. The number of carbonyl (C=O) groups is 2. The minimum Gasteiger partial charge on any atom is -0.366 e. The van der Waals surface area contributed by atoms with Gasteiger partial charge in [-0.05, 0) is 44.2 Å². The highest BCUT2D eigenvalue weighted by molar-refractivity contribution is 6.30. The predicted octanol–water partition coefficient (Wildman–Crippen LogP) is 3.63. The van der Waals surface area contributed by atoms with Gasteiger partial charge in [-0.15, -0.1) is 0 Å². The number of nitrogens with one attached hydrogen (secondary N) is 1. The van der Waals surface area contributed by atoms with E-state index in [4.69, 9.17) is 17.3 Å². The quantitative estimate of drug-likeness (QED) is 0.603. The Hall–Kier alpha value is -3.45. The van der Waals surface area contributed by atoms with Crippen LogP contribution in [0.2, 0.25) is 5.02 Å². The van der Waals surface area contributed by atoms with E-state index in [2.05, 4.69) is 10.4 Å². The number of ketones is 1. The second-order valence-corrected chi connectivity index (χ2v) is 6.79. The summed E-state index contributed by atoms with van der Waals surface area (Å²) < 4.78 is 1.27. The number of nitrogens with zero attached hydrogens (tertiary/aromatic N) is 2. The normalized spacial score (nSPS) is 10.6. The second-order valence-electron chi connectivity index (χ2n) is 6.36. The van der Waals surface area contributed by atoms with Gasteiger partial charge in [-0.25, -0.2) is 4.68 Å². The molecule has 0 bridgehead atoms. The van der Waals surface area contributed by atoms with Gasteiger partial charge in [0.2, 0.25) is 5.91 Å². The predicted molar refractivity (Wildman–Crippen MR) is 113 cm³/mol. The fourth-order valence-corrected chi connectivity index (χ4v) is 3.17. The summed E-state index contributed by atoms with van der Waals surface area (Å²) in [7, 11) is 0. The Bertz CT molecular complexity index is 1170. The van der Waals surface area contributed by atoms with Gasteiger partial charge in [0.25, 0.3) is 5.56 Å². The van der Waals surface area contributed by atoms with E-state index in [1.54, 1.807) is 49.4 Å². The average Bonchev–Trinajstić information content (AvgIpc) is 2.69. The number of Topliss-reactive ketones (excluding diaryl/α,β-unsaturated/α-hetero) is 1. The Labute approximate surface area is 172 Å². The van der Waals surface area contributed by atoms with Crippen LogP contribution in [0, 0.1) is 0 Å². The molecule has 2 aromatic carbocycles. The molecule has 1 heterocycles. The molecule has 7 nitrogen and oxygen atoms in total. The number of hydrogen-bond donors (Lipinski definition) is 2. The summed E-state index contributed by atoms with van der Waals surface area (Å²) >= 11 is 6.11. The van der Waals surface area contributed by atoms with Crippen LogP contribution in [-0.4, -0.2) is 21.5 Å². The van der Waals surface area contributed by atoms with Gasteiger partial charge in [0.1, 0.15) is 11.4 Å². The molecule has 3 aromatic rings. The number of primary amides is 1. The summed E-state index contributed by atoms with van der Waals surface area (Å²) in [5, 5.41) is 7.85. The third-order valence-electron chi connectivity index (χ3n) is 4.32. The van der Waals surface area contributed by atoms with Crippen molar-refractivity contribution in [3.63, 3.8) is 0 Å². The van der Waals surface area contributed by atoms with Gasteiger partial charge < -0.3 is 11.1 Å². The summed E-state index contributed by atoms with van der Waals surface area (Å²) in [6.45, 7) is 3.45. The maximum Gasteiger partial charge on any atom is 0.291 e. The van der Waals surface area contributed by atoms with Crippen LogP contribution < -0.4 is 16.6 Å². The van der Waals surface area contributed by atoms with Gasteiger partial charge in [-0.2, -0.15) is 5.10 Å². The molecule has 0 saturated carbocycles. The topological polar surface area (TPSA) is 107 Å². The van der Waals surface area contributed by atoms with Crippen LogP contribution in [0.15, 0.2) is 53.3 Å². The molecule has 1 amide bonds. The molecule has 3 rings (SSSR count). The van der Waals surface area contributed by atoms with Crippen LogP contribution in [0.5, 0.6) is 0 Å². The Morgan fingerprint density at radius 1 is 1.17 bits per heavy atom. The van der Waals surface area contributed by atoms with Crippen LogP contribution in [0.3, 0.4) is 0 Å². The summed E-state index contributed by atoms with van der Waals surface area (Å²) in [6, 6.07) is 13.3. The minimum absolute atomic E-state index is 0.0749. The smallest absolute Gasteiger partial charge is 0.291 e. The van der Waals surface area contributed by atoms with Crippen molar-refractivity contribution < 1.29 is 9.59 Å². The first kappa shape index (κ1) is 20.3. The fourth-order valence-electron chi connectivity index (χ4n) is 2.98. The molecule has 0 aliphatic rings. The number of halogens is 1. The van der Waals surface area contributed by atoms with Crippen molar-refractivity contribution in [2.24, 2.45) is 5.73 Å². The van der Waals surface area contributed by atoms with Gasteiger partial charge in [0.05, 0.1) is 5.56 Å². The number of aryl methyl sites for hydroxylation is 1. The van der Waals surface area contributed by atoms with Crippen molar-refractivity contribution in [2.45, 2.75) is 20.4 Å². The first-order valence-corrected chi connectivity index (χ1v) is 9.28. The lowest BCUT2D eigenvalue weighted by Crippen LogP contribution is -2.28. The van der Waals surface area contributed by atoms with Gasteiger partial charge in [0.15, 0.2) is 5.78 Å². The van der Waals surface area contributed by atoms with E-state index >= 15 is 0 Å². The second kappa shape index (κ2) is 8.28. The molecule has 0 aliphatic carbocycles. The number of anilines is 2. The Kier molecular flexibility index (Phi) is 5.79. The third kappa shape index (κ3) is 4.20. The highest BCUT2D eigenvalue weighted by Gasteiger charge is 2.22. The number of hydrogen-bond acceptors (Lipinski definition) is 5. The van der Waals surface area contributed by atoms with Crippen molar-refractivity contribution in [2.75, 3.05) is 5.32 Å². The molecular formula is C21H19ClN4O3. The lowest BCUT2D eigenvalue weighted by molar-refractivity contribution is 0.0996. The largest absolute Gasteiger partial charge is 0.366 e. The van der Waals surface area contributed by atoms with E-state index in [0.29, 0.717) is 28.5 Å². The standard InChI is InChI=1S/C21H19ClN4O3/c1-3-26-21(29)19(24-16-9-5-7-14(11-16)20(23)28)17(12(2)27)18(25-26)13-6-4-8-15(22)10-13/h4-11,24H,3H2,1-2H3,(H2,23,28). The van der Waals surface area contributed by atoms with E-state index in [1.807, 2.05) is 0 Å². The summed E-state index contributed by atoms with van der Waals surface area (Å²) in [5.74, 6) is -0.929. The SMILES string of the molecule is CCn1nc(-c2cccc(Cl)c2)c(C(C)=O)c(Nc2cccc(C(N)=O)c2)c1=O. The molecule has 3 N–H and O–H groups in total. The lowest BCUT2D eigenvalue weighted by Gasteiger charge is -2.16. The molecule has 0 spiro atoms. The molecule has 0 fully saturated rings. The van der Waals surface area contributed by atoms with E-state index in [-0.39, 0.29) is 22.6 Å². The number of rotatable bonds is 6. The summed E-state index contributed by atoms with van der Waals surface area (Å²) in [4.78, 5) is 37.0. The van der Waals surface area contributed by atoms with Crippen molar-refractivity contribution in [1.29, 1.82) is 0 Å². The molecule has 29 heavy (non-hydrogen) atoms. The lowest BCUT2D eigenvalue weighted by atomic mass is 10.0. The highest BCUT2D eigenvalue weighted by atomic mass is 35.5. The zero-order chi connectivity index (χ0) is 21.1. The molecule has 0 radical (unpaired) electrons. The number of amides is 1. The zero-order valence-corrected chi connectivity index (χ0v) is 16.7. The van der Waals surface area contributed by atoms with E-state index in [9.17, 15) is 14.4 Å². The number of aromatic nitrogens is 2. The minimum atomic E-state index is -0.597. The number of nitrogens with two attached hydrogens (primary N) is 1. The van der Waals surface area contributed by atoms with Crippen molar-refractivity contribution in [3.05, 3.63) is 75.0 Å². The first-order chi connectivity index (χ1) is 13.8. The highest BCUT2D eigenvalue weighted by Crippen LogP contribution is 2.29. The Morgan fingerprint density at radius 3 is 2.52 bits per heavy atom. The zero-order valence-electron chi connectivity index (χ0n) is 15.9. The van der Waals surface area contributed by atoms with Crippen LogP contribution >= 0.6 is 11.6 Å². The molecule has 8 heteroatoms. The Balaban J connectivity index is 2.26. The van der Waals surface area contributed by atoms with Crippen LogP contribution in [0.4, 0.5) is 11.4 Å². The van der Waals surface area contributed by atoms with Gasteiger partial charge in [-0.1, -0.05) is 29.8 Å². The molecule has 0 saturated heterocycles. The number of carbonyl (C=O) groups excluding carboxylic acids is 2. The molecular weight excluding hydrogens is 392 g/mol. The van der Waals surface area contributed by atoms with Crippen LogP contribution in [0.25, 0.3) is 11.3 Å². The van der Waals surface area contributed by atoms with Gasteiger partial charge in [-0.3, -0.25) is 14.4 Å². The number of benzene rings is 2. The van der Waals surface area contributed by atoms with Crippen LogP contribution in [0.1, 0.15) is 34.6 Å². The van der Waals surface area contributed by atoms with E-state index in [1.165, 1.54) is 17.7 Å². The van der Waals surface area contributed by atoms with Crippen molar-refractivity contribution >= 4 is 34.7 Å². The maximum absolute atomic E-state index is 13.0. The molecule has 0 aliphatic heterocycles. The average molecular weight is 411 g/mol.